The molecule has 28 heavy (non-hydrogen) atoms. The first kappa shape index (κ1) is 22.8. The number of alkyl halides is 3. The molecule has 0 bridgehead atoms. The number of halogens is 3. The number of para-hydroxylation sites is 1. The molecule has 0 radical (unpaired) electrons. The second-order valence-electron chi connectivity index (χ2n) is 7.37. The highest BCUT2D eigenvalue weighted by atomic mass is 32.2. The quantitative estimate of drug-likeness (QED) is 0.656. The zero-order chi connectivity index (χ0) is 21.3. The van der Waals surface area contributed by atoms with Crippen molar-refractivity contribution >= 4 is 10.0 Å². The summed E-state index contributed by atoms with van der Waals surface area (Å²) in [6.07, 6.45) is -6.57. The number of rotatable bonds is 7. The van der Waals surface area contributed by atoms with Crippen LogP contribution in [0.1, 0.15) is 45.1 Å². The number of ether oxygens (including phenoxy) is 2. The van der Waals surface area contributed by atoms with E-state index in [9.17, 15) is 26.7 Å². The molecule has 2 N–H and O–H groups in total. The first-order valence-electron chi connectivity index (χ1n) is 8.92. The fourth-order valence-electron chi connectivity index (χ4n) is 3.29. The molecule has 1 aromatic carbocycles. The van der Waals surface area contributed by atoms with Crippen molar-refractivity contribution in [3.63, 3.8) is 0 Å². The molecule has 0 saturated heterocycles. The summed E-state index contributed by atoms with van der Waals surface area (Å²) in [4.78, 5) is 0. The van der Waals surface area contributed by atoms with E-state index in [0.717, 1.165) is 0 Å². The van der Waals surface area contributed by atoms with Crippen LogP contribution in [0.2, 0.25) is 0 Å². The van der Waals surface area contributed by atoms with Crippen LogP contribution >= 0.6 is 0 Å². The topological polar surface area (TPSA) is 84.9 Å². The van der Waals surface area contributed by atoms with Gasteiger partial charge in [0.15, 0.2) is 11.5 Å². The molecule has 1 aliphatic rings. The van der Waals surface area contributed by atoms with Crippen LogP contribution in [0, 0.1) is 0 Å². The summed E-state index contributed by atoms with van der Waals surface area (Å²) in [6, 6.07) is 4.77. The summed E-state index contributed by atoms with van der Waals surface area (Å²) in [5.41, 5.74) is -0.688. The lowest BCUT2D eigenvalue weighted by molar-refractivity contribution is -0.136. The zero-order valence-electron chi connectivity index (χ0n) is 16.2. The Morgan fingerprint density at radius 3 is 2.57 bits per heavy atom. The second kappa shape index (κ2) is 8.08. The third-order valence-corrected chi connectivity index (χ3v) is 6.77. The van der Waals surface area contributed by atoms with Crippen LogP contribution < -0.4 is 14.2 Å². The van der Waals surface area contributed by atoms with Crippen molar-refractivity contribution in [1.29, 1.82) is 0 Å². The third kappa shape index (κ3) is 4.90. The van der Waals surface area contributed by atoms with Crippen molar-refractivity contribution in [3.05, 3.63) is 23.8 Å². The van der Waals surface area contributed by atoms with Gasteiger partial charge in [0.1, 0.15) is 11.7 Å². The van der Waals surface area contributed by atoms with E-state index in [4.69, 9.17) is 9.47 Å². The summed E-state index contributed by atoms with van der Waals surface area (Å²) in [5, 5.41) is 9.81. The molecule has 1 heterocycles. The van der Waals surface area contributed by atoms with Gasteiger partial charge in [-0.3, -0.25) is 0 Å². The number of hydrogen-bond acceptors (Lipinski definition) is 5. The summed E-state index contributed by atoms with van der Waals surface area (Å²) in [6.45, 7) is 4.55. The highest BCUT2D eigenvalue weighted by Gasteiger charge is 2.48. The van der Waals surface area contributed by atoms with E-state index in [-0.39, 0.29) is 24.5 Å². The number of benzene rings is 1. The number of hydrogen-bond donors (Lipinski definition) is 2. The van der Waals surface area contributed by atoms with Crippen LogP contribution in [0.5, 0.6) is 11.5 Å². The van der Waals surface area contributed by atoms with Crippen molar-refractivity contribution in [1.82, 2.24) is 4.72 Å². The minimum atomic E-state index is -4.26. The molecule has 1 aliphatic heterocycles. The Morgan fingerprint density at radius 2 is 2.00 bits per heavy atom. The first-order chi connectivity index (χ1) is 12.8. The summed E-state index contributed by atoms with van der Waals surface area (Å²) in [5.74, 6) is -0.346. The Bertz CT molecular complexity index is 795. The molecule has 0 saturated carbocycles. The van der Waals surface area contributed by atoms with Crippen molar-refractivity contribution in [3.8, 4) is 11.5 Å². The summed E-state index contributed by atoms with van der Waals surface area (Å²) < 4.78 is 75.3. The van der Waals surface area contributed by atoms with E-state index in [1.165, 1.54) is 14.0 Å². The van der Waals surface area contributed by atoms with E-state index in [0.29, 0.717) is 5.56 Å². The normalized spacial score (nSPS) is 22.9. The number of nitrogens with one attached hydrogen (secondary N) is 1. The first-order valence-corrected chi connectivity index (χ1v) is 10.5. The van der Waals surface area contributed by atoms with Crippen LogP contribution in [0.4, 0.5) is 13.2 Å². The molecule has 0 spiro atoms. The molecule has 0 amide bonds. The highest BCUT2D eigenvalue weighted by molar-refractivity contribution is 7.90. The van der Waals surface area contributed by atoms with E-state index in [2.05, 4.69) is 4.72 Å². The number of sulfonamides is 1. The Balaban J connectivity index is 2.36. The van der Waals surface area contributed by atoms with Crippen LogP contribution in [-0.4, -0.2) is 50.3 Å². The summed E-state index contributed by atoms with van der Waals surface area (Å²) >= 11 is 0. The fourth-order valence-corrected chi connectivity index (χ4v) is 4.34. The molecule has 1 aromatic rings. The maximum atomic E-state index is 12.4. The van der Waals surface area contributed by atoms with Crippen LogP contribution in [0.3, 0.4) is 0 Å². The average molecular weight is 425 g/mol. The molecule has 3 atom stereocenters. The van der Waals surface area contributed by atoms with Gasteiger partial charge in [0.05, 0.1) is 11.9 Å². The highest BCUT2D eigenvalue weighted by Crippen LogP contribution is 2.48. The lowest BCUT2D eigenvalue weighted by Crippen LogP contribution is -2.53. The van der Waals surface area contributed by atoms with Gasteiger partial charge in [-0.2, -0.15) is 13.2 Å². The molecule has 2 rings (SSSR count). The molecule has 0 aliphatic carbocycles. The zero-order valence-corrected chi connectivity index (χ0v) is 17.0. The van der Waals surface area contributed by atoms with Gasteiger partial charge in [0.25, 0.3) is 0 Å². The fraction of sp³-hybridized carbons (Fsp3) is 0.667. The Morgan fingerprint density at radius 1 is 1.36 bits per heavy atom. The van der Waals surface area contributed by atoms with Crippen LogP contribution in [-0.2, 0) is 10.0 Å². The molecule has 6 nitrogen and oxygen atoms in total. The largest absolute Gasteiger partial charge is 0.490 e. The van der Waals surface area contributed by atoms with E-state index in [1.54, 1.807) is 32.0 Å². The van der Waals surface area contributed by atoms with E-state index in [1.807, 2.05) is 0 Å². The van der Waals surface area contributed by atoms with Crippen molar-refractivity contribution < 1.29 is 36.2 Å². The van der Waals surface area contributed by atoms with Crippen molar-refractivity contribution in [2.24, 2.45) is 0 Å². The Labute approximate surface area is 163 Å². The molecule has 0 aromatic heterocycles. The van der Waals surface area contributed by atoms with Crippen LogP contribution in [0.25, 0.3) is 0 Å². The van der Waals surface area contributed by atoms with Gasteiger partial charge in [0.2, 0.25) is 10.0 Å². The van der Waals surface area contributed by atoms with Gasteiger partial charge in [-0.25, -0.2) is 13.1 Å². The average Bonchev–Trinajstić information content (AvgIpc) is 2.58. The smallest absolute Gasteiger partial charge is 0.389 e. The van der Waals surface area contributed by atoms with E-state index < -0.39 is 45.5 Å². The third-order valence-electron chi connectivity index (χ3n) is 4.93. The standard InChI is InChI=1S/C18H26F3NO5S/c1-11(28(24,25)22-4)14-12-7-5-8-13(26-10-6-9-18(19,20)21)15(12)27-17(2,3)16(14)23/h5,7-8,11,14,16,22-23H,6,9-10H2,1-4H3. The Hall–Kier alpha value is -1.52. The van der Waals surface area contributed by atoms with E-state index >= 15 is 0 Å². The minimum Gasteiger partial charge on any atom is -0.490 e. The maximum Gasteiger partial charge on any atom is 0.389 e. The molecule has 3 unspecified atom stereocenters. The van der Waals surface area contributed by atoms with Gasteiger partial charge < -0.3 is 14.6 Å². The minimum absolute atomic E-state index is 0.169. The lowest BCUT2D eigenvalue weighted by atomic mass is 9.79. The number of fused-ring (bicyclic) bond motifs is 1. The van der Waals surface area contributed by atoms with Crippen molar-refractivity contribution in [2.45, 2.75) is 62.7 Å². The Kier molecular flexibility index (Phi) is 6.57. The molecule has 10 heteroatoms. The second-order valence-corrected chi connectivity index (χ2v) is 9.61. The monoisotopic (exact) mass is 425 g/mol. The number of aliphatic hydroxyl groups excluding tert-OH is 1. The SMILES string of the molecule is CNS(=O)(=O)C(C)C1c2cccc(OCCCC(F)(F)F)c2OC(C)(C)C1O. The molecule has 0 fully saturated rings. The predicted octanol–water partition coefficient (Wildman–Crippen LogP) is 2.96. The lowest BCUT2D eigenvalue weighted by Gasteiger charge is -2.44. The van der Waals surface area contributed by atoms with Gasteiger partial charge in [-0.05, 0) is 40.3 Å². The molecular formula is C18H26F3NO5S. The summed E-state index contributed by atoms with van der Waals surface area (Å²) in [7, 11) is -2.41. The van der Waals surface area contributed by atoms with Crippen molar-refractivity contribution in [2.75, 3.05) is 13.7 Å². The predicted molar refractivity (Wildman–Crippen MR) is 98.1 cm³/mol. The van der Waals surface area contributed by atoms with Gasteiger partial charge >= 0.3 is 6.18 Å². The molecular weight excluding hydrogens is 399 g/mol. The van der Waals surface area contributed by atoms with Gasteiger partial charge in [-0.1, -0.05) is 12.1 Å². The van der Waals surface area contributed by atoms with Crippen LogP contribution in [0.15, 0.2) is 18.2 Å². The van der Waals surface area contributed by atoms with Gasteiger partial charge in [-0.15, -0.1) is 0 Å². The van der Waals surface area contributed by atoms with Gasteiger partial charge in [0, 0.05) is 17.9 Å². The maximum absolute atomic E-state index is 12.4. The molecule has 160 valence electrons. The number of aliphatic hydroxyl groups is 1.